The Labute approximate surface area is 162 Å². The van der Waals surface area contributed by atoms with Crippen LogP contribution >= 0.6 is 7.77 Å². The molecule has 152 valence electrons. The molecule has 2 atom stereocenters. The van der Waals surface area contributed by atoms with Crippen molar-refractivity contribution in [1.29, 1.82) is 0 Å². The molecular weight excluding hydrogens is 391 g/mol. The van der Waals surface area contributed by atoms with E-state index in [1.165, 1.54) is 5.80 Å². The molecule has 0 aliphatic carbocycles. The number of rotatable bonds is 12. The Morgan fingerprint density at radius 1 is 1.22 bits per heavy atom. The molecule has 7 nitrogen and oxygen atoms in total. The Bertz CT molecular complexity index is 718. The van der Waals surface area contributed by atoms with E-state index in [0.717, 1.165) is 11.8 Å². The van der Waals surface area contributed by atoms with Crippen LogP contribution in [0, 0.1) is 0 Å². The third kappa shape index (κ3) is 8.95. The first-order valence-electron chi connectivity index (χ1n) is 8.71. The van der Waals surface area contributed by atoms with Crippen LogP contribution in [0.2, 0.25) is 0 Å². The second-order valence-corrected chi connectivity index (χ2v) is 8.87. The van der Waals surface area contributed by atoms with Crippen molar-refractivity contribution in [3.63, 3.8) is 0 Å². The number of benzene rings is 1. The number of hydrogen-bond acceptors (Lipinski definition) is 7. The molecule has 0 saturated carbocycles. The van der Waals surface area contributed by atoms with E-state index in [0.29, 0.717) is 12.8 Å². The summed E-state index contributed by atoms with van der Waals surface area (Å²) in [5.74, 6) is 0.586. The van der Waals surface area contributed by atoms with E-state index in [1.54, 1.807) is 13.8 Å². The highest BCUT2D eigenvalue weighted by Crippen LogP contribution is 2.26. The highest BCUT2D eigenvalue weighted by atomic mass is 32.2. The highest BCUT2D eigenvalue weighted by molar-refractivity contribution is 7.86. The quantitative estimate of drug-likeness (QED) is 0.290. The van der Waals surface area contributed by atoms with Crippen molar-refractivity contribution in [1.82, 2.24) is 0 Å². The lowest BCUT2D eigenvalue weighted by Gasteiger charge is -2.26. The van der Waals surface area contributed by atoms with Crippen molar-refractivity contribution in [2.24, 2.45) is 0 Å². The molecule has 1 aromatic rings. The summed E-state index contributed by atoms with van der Waals surface area (Å²) in [6, 6.07) is 9.75. The van der Waals surface area contributed by atoms with Crippen molar-refractivity contribution in [2.45, 2.75) is 38.7 Å². The molecule has 0 aromatic heterocycles. The molecule has 0 radical (unpaired) electrons. The minimum Gasteiger partial charge on any atom is -0.629 e. The minimum atomic E-state index is -3.73. The molecule has 1 aromatic carbocycles. The number of ether oxygens (including phenoxy) is 2. The van der Waals surface area contributed by atoms with E-state index in [-0.39, 0.29) is 19.6 Å². The fourth-order valence-electron chi connectivity index (χ4n) is 2.52. The average molecular weight is 418 g/mol. The van der Waals surface area contributed by atoms with Crippen LogP contribution in [-0.4, -0.2) is 51.6 Å². The molecule has 0 aliphatic rings. The van der Waals surface area contributed by atoms with Crippen molar-refractivity contribution in [2.75, 3.05) is 25.8 Å². The van der Waals surface area contributed by atoms with Gasteiger partial charge in [-0.3, -0.25) is 0 Å². The standard InChI is InChI=1S/C18H27O7PS/c1-4-23-17(19)18(24-5-2,14-26(20)15-25-27(3,21)22)13-9-12-16-10-7-6-8-11-16/h6-8,10-11,14H,4-5,9,12-13,15H2,1-3H3. The van der Waals surface area contributed by atoms with Gasteiger partial charge in [-0.15, -0.1) is 0 Å². The van der Waals surface area contributed by atoms with Crippen molar-refractivity contribution >= 4 is 29.7 Å². The van der Waals surface area contributed by atoms with Gasteiger partial charge in [0.25, 0.3) is 10.1 Å². The normalized spacial score (nSPS) is 14.6. The zero-order valence-corrected chi connectivity index (χ0v) is 17.6. The number of hydrogen-bond donors (Lipinski definition) is 0. The van der Waals surface area contributed by atoms with Crippen LogP contribution in [0.5, 0.6) is 0 Å². The average Bonchev–Trinajstić information content (AvgIpc) is 2.60. The summed E-state index contributed by atoms with van der Waals surface area (Å²) in [5.41, 5.74) is -0.398. The topological polar surface area (TPSA) is 102 Å². The summed E-state index contributed by atoms with van der Waals surface area (Å²) >= 11 is 0. The molecule has 2 unspecified atom stereocenters. The van der Waals surface area contributed by atoms with Crippen LogP contribution in [0.15, 0.2) is 30.3 Å². The van der Waals surface area contributed by atoms with Gasteiger partial charge in [-0.25, -0.2) is 8.98 Å². The summed E-state index contributed by atoms with van der Waals surface area (Å²) < 4.78 is 37.6. The predicted molar refractivity (Wildman–Crippen MR) is 104 cm³/mol. The van der Waals surface area contributed by atoms with Gasteiger partial charge in [0.05, 0.1) is 20.6 Å². The zero-order valence-electron chi connectivity index (χ0n) is 15.9. The van der Waals surface area contributed by atoms with Gasteiger partial charge in [0.1, 0.15) is 5.80 Å². The van der Waals surface area contributed by atoms with E-state index in [1.807, 2.05) is 30.3 Å². The predicted octanol–water partition coefficient (Wildman–Crippen LogP) is 1.84. The van der Waals surface area contributed by atoms with Gasteiger partial charge in [0.2, 0.25) is 11.9 Å². The van der Waals surface area contributed by atoms with E-state index < -0.39 is 35.8 Å². The molecular formula is C18H27O7PS. The van der Waals surface area contributed by atoms with Crippen LogP contribution in [0.1, 0.15) is 32.3 Å². The van der Waals surface area contributed by atoms with Crippen LogP contribution < -0.4 is 4.89 Å². The molecule has 0 fully saturated rings. The second kappa shape index (κ2) is 11.5. The van der Waals surface area contributed by atoms with Gasteiger partial charge in [-0.05, 0) is 38.7 Å². The summed E-state index contributed by atoms with van der Waals surface area (Å²) in [4.78, 5) is 24.9. The minimum absolute atomic E-state index is 0.150. The van der Waals surface area contributed by atoms with Crippen LogP contribution in [0.4, 0.5) is 0 Å². The Morgan fingerprint density at radius 3 is 2.44 bits per heavy atom. The monoisotopic (exact) mass is 418 g/mol. The third-order valence-corrected chi connectivity index (χ3v) is 5.44. The molecule has 0 aliphatic heterocycles. The largest absolute Gasteiger partial charge is 0.629 e. The maximum Gasteiger partial charge on any atom is 0.346 e. The van der Waals surface area contributed by atoms with Gasteiger partial charge < -0.3 is 14.4 Å². The first-order valence-corrected chi connectivity index (χ1v) is 12.0. The number of carbonyl (C=O) groups excluding carboxylic acids is 1. The van der Waals surface area contributed by atoms with Gasteiger partial charge in [0.15, 0.2) is 0 Å². The Morgan fingerprint density at radius 2 is 1.89 bits per heavy atom. The van der Waals surface area contributed by atoms with E-state index in [4.69, 9.17) is 9.47 Å². The maximum absolute atomic E-state index is 12.6. The lowest BCUT2D eigenvalue weighted by Crippen LogP contribution is -2.45. The van der Waals surface area contributed by atoms with Gasteiger partial charge in [0, 0.05) is 6.61 Å². The third-order valence-electron chi connectivity index (χ3n) is 3.63. The van der Waals surface area contributed by atoms with Crippen molar-refractivity contribution in [3.8, 4) is 0 Å². The molecule has 0 N–H and O–H groups in total. The van der Waals surface area contributed by atoms with E-state index in [9.17, 15) is 18.1 Å². The van der Waals surface area contributed by atoms with Crippen LogP contribution in [0.25, 0.3) is 0 Å². The number of esters is 1. The fraction of sp³-hybridized carbons (Fsp3) is 0.556. The number of aryl methyl sites for hydroxylation is 1. The lowest BCUT2D eigenvalue weighted by atomic mass is 9.96. The Hall–Kier alpha value is -1.31. The molecule has 27 heavy (non-hydrogen) atoms. The summed E-state index contributed by atoms with van der Waals surface area (Å²) in [6.07, 6.45) is 1.89. The lowest BCUT2D eigenvalue weighted by molar-refractivity contribution is -0.165. The molecule has 0 heterocycles. The summed E-state index contributed by atoms with van der Waals surface area (Å²) in [5, 5.41) is 0. The van der Waals surface area contributed by atoms with Crippen molar-refractivity contribution < 1.29 is 31.8 Å². The van der Waals surface area contributed by atoms with E-state index >= 15 is 0 Å². The van der Waals surface area contributed by atoms with E-state index in [2.05, 4.69) is 4.18 Å². The zero-order chi connectivity index (χ0) is 20.3. The first kappa shape index (κ1) is 23.7. The SMILES string of the molecule is CCOC(=O)C(C=[P+]([O-])COS(C)(=O)=O)(CCCc1ccccc1)OCC. The first-order chi connectivity index (χ1) is 12.7. The van der Waals surface area contributed by atoms with Crippen LogP contribution in [0.3, 0.4) is 0 Å². The molecule has 0 amide bonds. The summed E-state index contributed by atoms with van der Waals surface area (Å²) in [6.45, 7) is 3.75. The summed E-state index contributed by atoms with van der Waals surface area (Å²) in [7, 11) is -5.99. The number of carbonyl (C=O) groups is 1. The van der Waals surface area contributed by atoms with Gasteiger partial charge in [-0.2, -0.15) is 8.42 Å². The molecule has 0 bridgehead atoms. The Balaban J connectivity index is 2.99. The Kier molecular flexibility index (Phi) is 10.1. The highest BCUT2D eigenvalue weighted by Gasteiger charge is 2.42. The van der Waals surface area contributed by atoms with Gasteiger partial charge in [-0.1, -0.05) is 30.3 Å². The smallest absolute Gasteiger partial charge is 0.346 e. The fourth-order valence-corrected chi connectivity index (χ4v) is 4.55. The van der Waals surface area contributed by atoms with Crippen LogP contribution in [-0.2, 0) is 35.0 Å². The molecule has 1 rings (SSSR count). The maximum atomic E-state index is 12.6. The molecule has 0 spiro atoms. The molecule has 0 saturated heterocycles. The van der Waals surface area contributed by atoms with Crippen molar-refractivity contribution in [3.05, 3.63) is 35.9 Å². The molecule has 9 heteroatoms. The second-order valence-electron chi connectivity index (χ2n) is 5.88. The van der Waals surface area contributed by atoms with Gasteiger partial charge >= 0.3 is 5.97 Å².